The summed E-state index contributed by atoms with van der Waals surface area (Å²) in [4.78, 5) is 0. The summed E-state index contributed by atoms with van der Waals surface area (Å²) in [5.41, 5.74) is 0. The molecule has 0 aromatic carbocycles. The zero-order valence-electron chi connectivity index (χ0n) is 11.2. The third kappa shape index (κ3) is 2.88. The van der Waals surface area contributed by atoms with Crippen molar-refractivity contribution in [3.8, 4) is 0 Å². The Labute approximate surface area is 108 Å². The summed E-state index contributed by atoms with van der Waals surface area (Å²) in [6.45, 7) is 3.18. The summed E-state index contributed by atoms with van der Waals surface area (Å²) in [7, 11) is 0. The molecule has 2 fully saturated rings. The molecular formula is C13H23N5. The van der Waals surface area contributed by atoms with Crippen LogP contribution in [-0.4, -0.2) is 26.2 Å². The second-order valence-corrected chi connectivity index (χ2v) is 5.96. The van der Waals surface area contributed by atoms with Crippen molar-refractivity contribution in [3.63, 3.8) is 0 Å². The van der Waals surface area contributed by atoms with E-state index >= 15 is 0 Å². The third-order valence-corrected chi connectivity index (χ3v) is 4.26. The number of hydrogen-bond donors (Lipinski definition) is 1. The van der Waals surface area contributed by atoms with E-state index in [4.69, 9.17) is 0 Å². The average molecular weight is 249 g/mol. The molecular weight excluding hydrogens is 226 g/mol. The van der Waals surface area contributed by atoms with Gasteiger partial charge in [-0.1, -0.05) is 19.8 Å². The third-order valence-electron chi connectivity index (χ3n) is 4.26. The van der Waals surface area contributed by atoms with Gasteiger partial charge < -0.3 is 5.32 Å². The van der Waals surface area contributed by atoms with Crippen LogP contribution in [0.1, 0.15) is 63.7 Å². The molecule has 0 bridgehead atoms. The van der Waals surface area contributed by atoms with Crippen LogP contribution in [0.25, 0.3) is 0 Å². The topological polar surface area (TPSA) is 55.6 Å². The first-order valence-corrected chi connectivity index (χ1v) is 7.33. The van der Waals surface area contributed by atoms with Crippen LogP contribution in [0.3, 0.4) is 0 Å². The Hall–Kier alpha value is -0.970. The molecule has 1 heterocycles. The van der Waals surface area contributed by atoms with Crippen LogP contribution in [0.5, 0.6) is 0 Å². The Balaban J connectivity index is 1.64. The Bertz CT molecular complexity index is 384. The zero-order chi connectivity index (χ0) is 12.4. The molecule has 1 aromatic heterocycles. The maximum atomic E-state index is 4.22. The summed E-state index contributed by atoms with van der Waals surface area (Å²) in [5, 5.41) is 15.8. The molecule has 0 aliphatic heterocycles. The van der Waals surface area contributed by atoms with Crippen LogP contribution < -0.4 is 5.32 Å². The van der Waals surface area contributed by atoms with Gasteiger partial charge in [-0.05, 0) is 48.4 Å². The van der Waals surface area contributed by atoms with Crippen LogP contribution in [0.4, 0.5) is 0 Å². The van der Waals surface area contributed by atoms with E-state index in [9.17, 15) is 0 Å². The van der Waals surface area contributed by atoms with Gasteiger partial charge in [0.2, 0.25) is 0 Å². The Morgan fingerprint density at radius 1 is 1.17 bits per heavy atom. The molecule has 0 amide bonds. The normalized spacial score (nSPS) is 29.2. The first-order valence-electron chi connectivity index (χ1n) is 7.33. The highest BCUT2D eigenvalue weighted by molar-refractivity contribution is 4.89. The Morgan fingerprint density at radius 3 is 2.89 bits per heavy atom. The predicted molar refractivity (Wildman–Crippen MR) is 69.0 cm³/mol. The molecule has 0 radical (unpaired) electrons. The predicted octanol–water partition coefficient (Wildman–Crippen LogP) is 2.07. The quantitative estimate of drug-likeness (QED) is 0.830. The summed E-state index contributed by atoms with van der Waals surface area (Å²) in [6.07, 6.45) is 9.04. The number of nitrogens with one attached hydrogen (secondary N) is 1. The lowest BCUT2D eigenvalue weighted by molar-refractivity contribution is 0.375. The highest BCUT2D eigenvalue weighted by atomic mass is 15.6. The average Bonchev–Trinajstić information content (AvgIpc) is 3.12. The highest BCUT2D eigenvalue weighted by Gasteiger charge is 2.24. The van der Waals surface area contributed by atoms with Gasteiger partial charge in [0.15, 0.2) is 5.82 Å². The molecule has 2 aliphatic rings. The van der Waals surface area contributed by atoms with Crippen LogP contribution in [0.15, 0.2) is 0 Å². The van der Waals surface area contributed by atoms with Crippen molar-refractivity contribution in [1.82, 2.24) is 25.5 Å². The maximum absolute atomic E-state index is 4.22. The second kappa shape index (κ2) is 5.34. The van der Waals surface area contributed by atoms with Gasteiger partial charge in [0.1, 0.15) is 0 Å². The molecule has 18 heavy (non-hydrogen) atoms. The number of aromatic nitrogens is 4. The van der Waals surface area contributed by atoms with E-state index in [1.807, 2.05) is 0 Å². The van der Waals surface area contributed by atoms with Crippen LogP contribution in [0.2, 0.25) is 0 Å². The largest absolute Gasteiger partial charge is 0.307 e. The van der Waals surface area contributed by atoms with Crippen LogP contribution in [0, 0.1) is 5.92 Å². The number of hydrogen-bond acceptors (Lipinski definition) is 4. The van der Waals surface area contributed by atoms with E-state index in [-0.39, 0.29) is 0 Å². The van der Waals surface area contributed by atoms with E-state index in [1.165, 1.54) is 44.9 Å². The van der Waals surface area contributed by atoms with E-state index in [1.54, 1.807) is 0 Å². The van der Waals surface area contributed by atoms with Gasteiger partial charge in [-0.3, -0.25) is 0 Å². The molecule has 2 aliphatic carbocycles. The summed E-state index contributed by atoms with van der Waals surface area (Å²) in [5.74, 6) is 1.88. The lowest BCUT2D eigenvalue weighted by atomic mass is 10.0. The molecule has 2 saturated carbocycles. The van der Waals surface area contributed by atoms with Gasteiger partial charge in [-0.2, -0.15) is 0 Å². The minimum absolute atomic E-state index is 0.515. The monoisotopic (exact) mass is 249 g/mol. The Kier molecular flexibility index (Phi) is 3.59. The Morgan fingerprint density at radius 2 is 2.06 bits per heavy atom. The van der Waals surface area contributed by atoms with Crippen molar-refractivity contribution in [2.45, 2.75) is 70.5 Å². The zero-order valence-corrected chi connectivity index (χ0v) is 11.2. The van der Waals surface area contributed by atoms with Gasteiger partial charge in [0, 0.05) is 6.04 Å². The second-order valence-electron chi connectivity index (χ2n) is 5.96. The molecule has 5 nitrogen and oxygen atoms in total. The molecule has 1 aromatic rings. The molecule has 1 N–H and O–H groups in total. The SMILES string of the molecule is CC1CCCC(n2nnnc2CNC2CC2)CC1. The van der Waals surface area contributed by atoms with Gasteiger partial charge in [0.25, 0.3) is 0 Å². The summed E-state index contributed by atoms with van der Waals surface area (Å²) < 4.78 is 2.08. The van der Waals surface area contributed by atoms with Gasteiger partial charge in [-0.15, -0.1) is 5.10 Å². The standard InChI is InChI=1S/C13H23N5/c1-10-3-2-4-12(8-5-10)18-13(15-16-17-18)9-14-11-6-7-11/h10-12,14H,2-9H2,1H3. The minimum atomic E-state index is 0.515. The lowest BCUT2D eigenvalue weighted by Crippen LogP contribution is -2.21. The highest BCUT2D eigenvalue weighted by Crippen LogP contribution is 2.30. The van der Waals surface area contributed by atoms with Crippen LogP contribution >= 0.6 is 0 Å². The molecule has 5 heteroatoms. The van der Waals surface area contributed by atoms with Crippen LogP contribution in [-0.2, 0) is 6.54 Å². The first kappa shape index (κ1) is 12.1. The van der Waals surface area contributed by atoms with E-state index in [0.717, 1.165) is 18.3 Å². The van der Waals surface area contributed by atoms with E-state index in [2.05, 4.69) is 32.4 Å². The van der Waals surface area contributed by atoms with E-state index < -0.39 is 0 Å². The molecule has 2 unspecified atom stereocenters. The van der Waals surface area contributed by atoms with E-state index in [0.29, 0.717) is 12.1 Å². The lowest BCUT2D eigenvalue weighted by Gasteiger charge is -2.16. The fourth-order valence-corrected chi connectivity index (χ4v) is 2.85. The maximum Gasteiger partial charge on any atom is 0.165 e. The smallest absolute Gasteiger partial charge is 0.165 e. The minimum Gasteiger partial charge on any atom is -0.307 e. The fraction of sp³-hybridized carbons (Fsp3) is 0.923. The van der Waals surface area contributed by atoms with Gasteiger partial charge in [0.05, 0.1) is 12.6 Å². The number of nitrogens with zero attached hydrogens (tertiary/aromatic N) is 4. The summed E-state index contributed by atoms with van der Waals surface area (Å²) in [6, 6.07) is 1.23. The van der Waals surface area contributed by atoms with Crippen molar-refractivity contribution in [1.29, 1.82) is 0 Å². The molecule has 100 valence electrons. The number of rotatable bonds is 4. The molecule has 3 rings (SSSR count). The van der Waals surface area contributed by atoms with Crippen molar-refractivity contribution < 1.29 is 0 Å². The van der Waals surface area contributed by atoms with Gasteiger partial charge in [-0.25, -0.2) is 4.68 Å². The van der Waals surface area contributed by atoms with Crippen molar-refractivity contribution in [3.05, 3.63) is 5.82 Å². The molecule has 0 spiro atoms. The summed E-state index contributed by atoms with van der Waals surface area (Å²) >= 11 is 0. The van der Waals surface area contributed by atoms with Crippen molar-refractivity contribution >= 4 is 0 Å². The number of tetrazole rings is 1. The van der Waals surface area contributed by atoms with Crippen molar-refractivity contribution in [2.75, 3.05) is 0 Å². The molecule has 2 atom stereocenters. The first-order chi connectivity index (χ1) is 8.83. The van der Waals surface area contributed by atoms with Crippen molar-refractivity contribution in [2.24, 2.45) is 5.92 Å². The molecule has 0 saturated heterocycles. The van der Waals surface area contributed by atoms with Gasteiger partial charge >= 0.3 is 0 Å². The fourth-order valence-electron chi connectivity index (χ4n) is 2.85.